The van der Waals surface area contributed by atoms with E-state index in [2.05, 4.69) is 4.74 Å². The monoisotopic (exact) mass is 732 g/mol. The minimum Gasteiger partial charge on any atom is -0.406 e. The van der Waals surface area contributed by atoms with Crippen molar-refractivity contribution >= 4 is 11.6 Å². The molecule has 5 aromatic rings. The number of hydrogen-bond donors (Lipinski definition) is 1. The van der Waals surface area contributed by atoms with Gasteiger partial charge < -0.3 is 33.5 Å². The Kier molecular flexibility index (Phi) is 10.7. The van der Waals surface area contributed by atoms with Gasteiger partial charge in [0, 0.05) is 10.6 Å². The van der Waals surface area contributed by atoms with Crippen LogP contribution in [0.15, 0.2) is 133 Å². The molecule has 0 aliphatic carbocycles. The molecular weight excluding hydrogens is 697 g/mol. The van der Waals surface area contributed by atoms with Crippen molar-refractivity contribution < 1.29 is 46.7 Å². The van der Waals surface area contributed by atoms with E-state index in [-0.39, 0.29) is 32.0 Å². The fraction of sp³-hybridized carbons (Fsp3) is 0.268. The molecule has 0 aromatic heterocycles. The van der Waals surface area contributed by atoms with Crippen molar-refractivity contribution in [2.24, 2.45) is 0 Å². The molecule has 3 aliphatic heterocycles. The van der Waals surface area contributed by atoms with Gasteiger partial charge in [-0.15, -0.1) is 13.2 Å². The third-order valence-corrected chi connectivity index (χ3v) is 9.47. The molecule has 1 N–H and O–H groups in total. The predicted octanol–water partition coefficient (Wildman–Crippen LogP) is 8.49. The second-order valence-electron chi connectivity index (χ2n) is 12.7. The second-order valence-corrected chi connectivity index (χ2v) is 13.1. The highest BCUT2D eigenvalue weighted by molar-refractivity contribution is 6.31. The second kappa shape index (κ2) is 15.4. The molecule has 8 rings (SSSR count). The summed E-state index contributed by atoms with van der Waals surface area (Å²) in [4.78, 5) is 0. The Labute approximate surface area is 304 Å². The first-order chi connectivity index (χ1) is 25.2. The van der Waals surface area contributed by atoms with Crippen molar-refractivity contribution in [3.8, 4) is 5.75 Å². The lowest BCUT2D eigenvalue weighted by atomic mass is 9.80. The van der Waals surface area contributed by atoms with Gasteiger partial charge in [-0.05, 0) is 58.5 Å². The fourth-order valence-corrected chi connectivity index (χ4v) is 6.84. The molecule has 0 saturated carbocycles. The summed E-state index contributed by atoms with van der Waals surface area (Å²) in [6, 6.07) is 39.9. The van der Waals surface area contributed by atoms with E-state index < -0.39 is 42.9 Å². The molecule has 0 unspecified atom stereocenters. The van der Waals surface area contributed by atoms with Gasteiger partial charge >= 0.3 is 6.36 Å². The molecule has 3 heterocycles. The lowest BCUT2D eigenvalue weighted by Crippen LogP contribution is -2.82. The highest BCUT2D eigenvalue weighted by atomic mass is 35.5. The third kappa shape index (κ3) is 7.89. The molecule has 7 nitrogen and oxygen atoms in total. The van der Waals surface area contributed by atoms with Crippen molar-refractivity contribution in [1.29, 1.82) is 0 Å². The number of alkyl halides is 3. The Morgan fingerprint density at radius 3 is 1.67 bits per heavy atom. The summed E-state index contributed by atoms with van der Waals surface area (Å²) in [6.07, 6.45) is -7.11. The summed E-state index contributed by atoms with van der Waals surface area (Å²) in [5.74, 6) is -3.45. The predicted molar refractivity (Wildman–Crippen MR) is 186 cm³/mol. The van der Waals surface area contributed by atoms with Crippen LogP contribution in [0.3, 0.4) is 0 Å². The Balaban J connectivity index is 1.24. The number of benzene rings is 5. The quantitative estimate of drug-likeness (QED) is 0.123. The maximum absolute atomic E-state index is 12.7. The zero-order valence-corrected chi connectivity index (χ0v) is 28.6. The molecule has 3 fully saturated rings. The van der Waals surface area contributed by atoms with Gasteiger partial charge in [-0.3, -0.25) is 0 Å². The van der Waals surface area contributed by atoms with Gasteiger partial charge in [0.05, 0.1) is 19.8 Å². The van der Waals surface area contributed by atoms with Crippen LogP contribution < -0.4 is 4.74 Å². The lowest BCUT2D eigenvalue weighted by Gasteiger charge is -2.66. The first-order valence-electron chi connectivity index (χ1n) is 16.8. The van der Waals surface area contributed by atoms with E-state index in [4.69, 9.17) is 35.3 Å². The van der Waals surface area contributed by atoms with Crippen LogP contribution in [0.5, 0.6) is 5.75 Å². The average Bonchev–Trinajstić information content (AvgIpc) is 3.14. The SMILES string of the molecule is OCC12OC(c3ccc(Cl)c(Cc4ccc(OC(F)(F)F)cc4)c3)(O1)[C@H](OCc1ccccc1)[C@@H](OCc1ccccc1)[C@@H]2OCc1ccccc1. The Morgan fingerprint density at radius 1 is 0.635 bits per heavy atom. The molecule has 3 atom stereocenters. The van der Waals surface area contributed by atoms with Gasteiger partial charge in [-0.2, -0.15) is 0 Å². The van der Waals surface area contributed by atoms with E-state index in [1.165, 1.54) is 12.1 Å². The van der Waals surface area contributed by atoms with Crippen LogP contribution in [0.2, 0.25) is 5.02 Å². The highest BCUT2D eigenvalue weighted by Gasteiger charge is 2.75. The summed E-state index contributed by atoms with van der Waals surface area (Å²) in [6.45, 7) is 0.0774. The zero-order chi connectivity index (χ0) is 36.2. The molecule has 3 saturated heterocycles. The van der Waals surface area contributed by atoms with Gasteiger partial charge in [0.2, 0.25) is 11.6 Å². The van der Waals surface area contributed by atoms with Crippen molar-refractivity contribution in [3.63, 3.8) is 0 Å². The van der Waals surface area contributed by atoms with Gasteiger partial charge in [0.15, 0.2) is 0 Å². The molecule has 270 valence electrons. The molecule has 0 radical (unpaired) electrons. The summed E-state index contributed by atoms with van der Waals surface area (Å²) in [5.41, 5.74) is 4.67. The number of fused-ring (bicyclic) bond motifs is 2. The van der Waals surface area contributed by atoms with Gasteiger partial charge in [-0.25, -0.2) is 0 Å². The molecule has 0 spiro atoms. The van der Waals surface area contributed by atoms with Crippen molar-refractivity contribution in [2.75, 3.05) is 6.61 Å². The molecule has 3 aliphatic rings. The first kappa shape index (κ1) is 36.1. The van der Waals surface area contributed by atoms with Crippen LogP contribution in [0.4, 0.5) is 13.2 Å². The fourth-order valence-electron chi connectivity index (χ4n) is 6.66. The van der Waals surface area contributed by atoms with Crippen molar-refractivity contribution in [2.45, 2.75) is 62.5 Å². The summed E-state index contributed by atoms with van der Waals surface area (Å²) < 4.78 is 75.6. The van der Waals surface area contributed by atoms with Crippen molar-refractivity contribution in [1.82, 2.24) is 0 Å². The Bertz CT molecular complexity index is 1900. The molecular formula is C41H36ClF3O7. The highest BCUT2D eigenvalue weighted by Crippen LogP contribution is 2.58. The van der Waals surface area contributed by atoms with Gasteiger partial charge in [-0.1, -0.05) is 121 Å². The van der Waals surface area contributed by atoms with Gasteiger partial charge in [0.25, 0.3) is 0 Å². The molecule has 11 heteroatoms. The van der Waals surface area contributed by atoms with Crippen molar-refractivity contribution in [3.05, 3.63) is 172 Å². The van der Waals surface area contributed by atoms with Crippen LogP contribution in [-0.4, -0.2) is 42.2 Å². The Hall–Kier alpha value is -4.26. The van der Waals surface area contributed by atoms with E-state index in [1.54, 1.807) is 24.3 Å². The smallest absolute Gasteiger partial charge is 0.406 e. The largest absolute Gasteiger partial charge is 0.573 e. The topological polar surface area (TPSA) is 75.6 Å². The number of halogens is 4. The lowest BCUT2D eigenvalue weighted by molar-refractivity contribution is -0.597. The number of aliphatic hydroxyl groups excluding tert-OH is 1. The summed E-state index contributed by atoms with van der Waals surface area (Å²) in [7, 11) is 0. The van der Waals surface area contributed by atoms with Crippen LogP contribution in [0, 0.1) is 0 Å². The Morgan fingerprint density at radius 2 is 1.15 bits per heavy atom. The molecule has 2 bridgehead atoms. The average molecular weight is 733 g/mol. The summed E-state index contributed by atoms with van der Waals surface area (Å²) in [5, 5.41) is 11.3. The van der Waals surface area contributed by atoms with Crippen LogP contribution in [0.25, 0.3) is 0 Å². The third-order valence-electron chi connectivity index (χ3n) is 9.10. The van der Waals surface area contributed by atoms with Crippen LogP contribution >= 0.6 is 11.6 Å². The maximum atomic E-state index is 12.7. The first-order valence-corrected chi connectivity index (χ1v) is 17.2. The number of aliphatic hydroxyl groups is 1. The molecule has 5 aromatic carbocycles. The number of rotatable bonds is 14. The van der Waals surface area contributed by atoms with Crippen LogP contribution in [0.1, 0.15) is 33.4 Å². The standard InChI is InChI=1S/C41H36ClF3O7/c42-35-21-18-33(23-32(35)22-28-16-19-34(20-17-28)50-41(43,44)45)40-38(49-26-31-14-8-3-9-15-31)36(47-24-29-10-4-1-5-11-29)37(39(27-46,51-40)52-40)48-25-30-12-6-2-7-13-30/h1-21,23,36-38,46H,22,24-27H2/t36-,37-,38+,39?,40?/m0/s1. The normalized spacial score (nSPS) is 23.9. The minimum absolute atomic E-state index is 0.190. The molecule has 52 heavy (non-hydrogen) atoms. The summed E-state index contributed by atoms with van der Waals surface area (Å²) >= 11 is 6.69. The van der Waals surface area contributed by atoms with E-state index >= 15 is 0 Å². The van der Waals surface area contributed by atoms with Gasteiger partial charge in [0.1, 0.15) is 30.7 Å². The van der Waals surface area contributed by atoms with E-state index in [0.717, 1.165) is 16.7 Å². The van der Waals surface area contributed by atoms with E-state index in [1.807, 2.05) is 97.1 Å². The molecule has 0 amide bonds. The minimum atomic E-state index is -4.79. The number of hydrogen-bond acceptors (Lipinski definition) is 7. The number of ether oxygens (including phenoxy) is 6. The van der Waals surface area contributed by atoms with E-state index in [9.17, 15) is 18.3 Å². The zero-order valence-electron chi connectivity index (χ0n) is 27.9. The van der Waals surface area contributed by atoms with Crippen LogP contribution in [-0.2, 0) is 55.7 Å². The maximum Gasteiger partial charge on any atom is 0.573 e. The van der Waals surface area contributed by atoms with E-state index in [0.29, 0.717) is 21.7 Å².